The van der Waals surface area contributed by atoms with Gasteiger partial charge >= 0.3 is 0 Å². The summed E-state index contributed by atoms with van der Waals surface area (Å²) in [4.78, 5) is 30.9. The fourth-order valence-electron chi connectivity index (χ4n) is 3.71. The summed E-state index contributed by atoms with van der Waals surface area (Å²) in [6.07, 6.45) is 1.89. The number of carbonyl (C=O) groups excluding carboxylic acids is 1. The molecule has 176 valence electrons. The van der Waals surface area contributed by atoms with Crippen LogP contribution < -0.4 is 10.9 Å². The Morgan fingerprint density at radius 1 is 1.21 bits per heavy atom. The van der Waals surface area contributed by atoms with Crippen molar-refractivity contribution in [3.05, 3.63) is 76.5 Å². The molecule has 0 aliphatic rings. The first-order valence-electron chi connectivity index (χ1n) is 10.7. The number of rotatable bonds is 8. The van der Waals surface area contributed by atoms with E-state index in [0.717, 1.165) is 28.5 Å². The van der Waals surface area contributed by atoms with Crippen LogP contribution >= 0.6 is 11.8 Å². The first-order chi connectivity index (χ1) is 16.4. The average Bonchev–Trinajstić information content (AvgIpc) is 3.16. The molecule has 0 unspecified atom stereocenters. The van der Waals surface area contributed by atoms with E-state index in [2.05, 4.69) is 5.32 Å². The third kappa shape index (κ3) is 4.90. The number of anilines is 1. The van der Waals surface area contributed by atoms with E-state index in [1.165, 1.54) is 16.7 Å². The maximum Gasteiger partial charge on any atom is 0.278 e. The highest BCUT2D eigenvalue weighted by Crippen LogP contribution is 2.29. The summed E-state index contributed by atoms with van der Waals surface area (Å²) in [5, 5.41) is 3.15. The van der Waals surface area contributed by atoms with Crippen molar-refractivity contribution in [1.29, 1.82) is 0 Å². The van der Waals surface area contributed by atoms with Gasteiger partial charge in [0.15, 0.2) is 5.16 Å². The largest absolute Gasteiger partial charge is 0.383 e. The van der Waals surface area contributed by atoms with Crippen molar-refractivity contribution in [2.24, 2.45) is 7.05 Å². The van der Waals surface area contributed by atoms with E-state index in [1.807, 2.05) is 43.6 Å². The van der Waals surface area contributed by atoms with E-state index in [0.29, 0.717) is 35.0 Å². The average molecular weight is 481 g/mol. The predicted octanol–water partition coefficient (Wildman–Crippen LogP) is 4.23. The molecule has 9 heteroatoms. The molecule has 0 aliphatic carbocycles. The smallest absolute Gasteiger partial charge is 0.278 e. The Labute approximate surface area is 200 Å². The molecule has 34 heavy (non-hydrogen) atoms. The molecule has 1 amide bonds. The van der Waals surface area contributed by atoms with Crippen LogP contribution in [0.4, 0.5) is 10.1 Å². The summed E-state index contributed by atoms with van der Waals surface area (Å²) in [7, 11) is 3.38. The molecule has 4 rings (SSSR count). The van der Waals surface area contributed by atoms with Crippen LogP contribution in [0.15, 0.2) is 64.7 Å². The summed E-state index contributed by atoms with van der Waals surface area (Å²) >= 11 is 1.16. The van der Waals surface area contributed by atoms with E-state index >= 15 is 0 Å². The van der Waals surface area contributed by atoms with E-state index < -0.39 is 5.82 Å². The van der Waals surface area contributed by atoms with Crippen molar-refractivity contribution in [2.75, 3.05) is 24.8 Å². The second-order valence-electron chi connectivity index (χ2n) is 7.86. The monoisotopic (exact) mass is 480 g/mol. The van der Waals surface area contributed by atoms with Crippen LogP contribution in [-0.2, 0) is 23.1 Å². The normalized spacial score (nSPS) is 11.2. The second-order valence-corrected chi connectivity index (χ2v) is 8.80. The number of amides is 1. The number of nitrogens with one attached hydrogen (secondary N) is 1. The molecule has 0 bridgehead atoms. The van der Waals surface area contributed by atoms with Gasteiger partial charge in [-0.15, -0.1) is 0 Å². The van der Waals surface area contributed by atoms with Gasteiger partial charge in [-0.05, 0) is 30.2 Å². The molecule has 0 aliphatic heterocycles. The molecule has 0 atom stereocenters. The van der Waals surface area contributed by atoms with Crippen molar-refractivity contribution in [3.8, 4) is 11.1 Å². The van der Waals surface area contributed by atoms with Crippen LogP contribution in [0.25, 0.3) is 22.2 Å². The molecule has 2 aromatic heterocycles. The standard InChI is InChI=1S/C25H25FN4O3S/c1-16-9-10-18(26)13-20(16)27-21(31)15-34-25-28-22-19(17-7-5-4-6-8-17)14-29(2)23(22)24(32)30(25)11-12-33-3/h4-10,13-14H,11-12,15H2,1-3H3,(H,27,31). The molecule has 0 radical (unpaired) electrons. The molecule has 7 nitrogen and oxygen atoms in total. The molecule has 0 saturated carbocycles. The predicted molar refractivity (Wildman–Crippen MR) is 133 cm³/mol. The molecule has 2 heterocycles. The molecular weight excluding hydrogens is 455 g/mol. The minimum Gasteiger partial charge on any atom is -0.383 e. The second kappa shape index (κ2) is 10.2. The maximum atomic E-state index is 13.6. The lowest BCUT2D eigenvalue weighted by molar-refractivity contribution is -0.113. The molecule has 4 aromatic rings. The number of halogens is 1. The number of benzene rings is 2. The summed E-state index contributed by atoms with van der Waals surface area (Å²) < 4.78 is 22.1. The zero-order valence-corrected chi connectivity index (χ0v) is 20.0. The topological polar surface area (TPSA) is 78.2 Å². The van der Waals surface area contributed by atoms with Crippen molar-refractivity contribution in [3.63, 3.8) is 0 Å². The van der Waals surface area contributed by atoms with E-state index in [-0.39, 0.29) is 17.2 Å². The van der Waals surface area contributed by atoms with Gasteiger partial charge in [0.25, 0.3) is 5.56 Å². The van der Waals surface area contributed by atoms with Crippen LogP contribution in [-0.4, -0.2) is 39.5 Å². The number of aromatic nitrogens is 3. The molecule has 1 N–H and O–H groups in total. The highest BCUT2D eigenvalue weighted by Gasteiger charge is 2.19. The lowest BCUT2D eigenvalue weighted by Crippen LogP contribution is -2.27. The Morgan fingerprint density at radius 2 is 1.97 bits per heavy atom. The fourth-order valence-corrected chi connectivity index (χ4v) is 4.53. The van der Waals surface area contributed by atoms with Gasteiger partial charge in [0, 0.05) is 31.6 Å². The van der Waals surface area contributed by atoms with Gasteiger partial charge < -0.3 is 14.6 Å². The molecule has 2 aromatic carbocycles. The molecule has 0 saturated heterocycles. The number of carbonyl (C=O) groups is 1. The Balaban J connectivity index is 1.69. The first kappa shape index (κ1) is 23.7. The number of hydrogen-bond acceptors (Lipinski definition) is 5. The summed E-state index contributed by atoms with van der Waals surface area (Å²) in [6.45, 7) is 2.42. The van der Waals surface area contributed by atoms with Gasteiger partial charge in [-0.1, -0.05) is 48.2 Å². The zero-order chi connectivity index (χ0) is 24.2. The van der Waals surface area contributed by atoms with Crippen molar-refractivity contribution < 1.29 is 13.9 Å². The van der Waals surface area contributed by atoms with Gasteiger partial charge in [0.1, 0.15) is 16.9 Å². The Kier molecular flexibility index (Phi) is 7.14. The van der Waals surface area contributed by atoms with Gasteiger partial charge in [0.2, 0.25) is 5.91 Å². The summed E-state index contributed by atoms with van der Waals surface area (Å²) in [5.41, 5.74) is 3.83. The van der Waals surface area contributed by atoms with Crippen molar-refractivity contribution in [1.82, 2.24) is 14.1 Å². The number of thioether (sulfide) groups is 1. The Hall–Kier alpha value is -3.43. The fraction of sp³-hybridized carbons (Fsp3) is 0.240. The number of aryl methyl sites for hydroxylation is 2. The Morgan fingerprint density at radius 3 is 2.71 bits per heavy atom. The molecule has 0 spiro atoms. The van der Waals surface area contributed by atoms with E-state index in [1.54, 1.807) is 24.7 Å². The van der Waals surface area contributed by atoms with Crippen LogP contribution in [0.1, 0.15) is 5.56 Å². The van der Waals surface area contributed by atoms with Crippen LogP contribution in [0.5, 0.6) is 0 Å². The van der Waals surface area contributed by atoms with E-state index in [4.69, 9.17) is 9.72 Å². The first-order valence-corrected chi connectivity index (χ1v) is 11.7. The van der Waals surface area contributed by atoms with Crippen LogP contribution in [0, 0.1) is 12.7 Å². The minimum atomic E-state index is -0.424. The molecular formula is C25H25FN4O3S. The lowest BCUT2D eigenvalue weighted by Gasteiger charge is -2.13. The number of ether oxygens (including phenoxy) is 1. The third-order valence-corrected chi connectivity index (χ3v) is 6.43. The van der Waals surface area contributed by atoms with Crippen LogP contribution in [0.3, 0.4) is 0 Å². The van der Waals surface area contributed by atoms with Gasteiger partial charge in [-0.25, -0.2) is 9.37 Å². The van der Waals surface area contributed by atoms with E-state index in [9.17, 15) is 14.0 Å². The maximum absolute atomic E-state index is 13.6. The van der Waals surface area contributed by atoms with Gasteiger partial charge in [-0.3, -0.25) is 14.2 Å². The summed E-state index contributed by atoms with van der Waals surface area (Å²) in [6, 6.07) is 14.0. The number of methoxy groups -OCH3 is 1. The third-order valence-electron chi connectivity index (χ3n) is 5.45. The highest BCUT2D eigenvalue weighted by molar-refractivity contribution is 7.99. The van der Waals surface area contributed by atoms with Crippen LogP contribution in [0.2, 0.25) is 0 Å². The number of nitrogens with zero attached hydrogens (tertiary/aromatic N) is 3. The van der Waals surface area contributed by atoms with Gasteiger partial charge in [-0.2, -0.15) is 0 Å². The lowest BCUT2D eigenvalue weighted by atomic mass is 10.1. The molecule has 0 fully saturated rings. The quantitative estimate of drug-likeness (QED) is 0.302. The summed E-state index contributed by atoms with van der Waals surface area (Å²) in [5.74, 6) is -0.733. The minimum absolute atomic E-state index is 0.00832. The number of fused-ring (bicyclic) bond motifs is 1. The van der Waals surface area contributed by atoms with Crippen molar-refractivity contribution in [2.45, 2.75) is 18.6 Å². The Bertz CT molecular complexity index is 1400. The highest BCUT2D eigenvalue weighted by atomic mass is 32.2. The van der Waals surface area contributed by atoms with Crippen molar-refractivity contribution >= 4 is 34.4 Å². The SMILES string of the molecule is COCCn1c(SCC(=O)Nc2cc(F)ccc2C)nc2c(-c3ccccc3)cn(C)c2c1=O. The zero-order valence-electron chi connectivity index (χ0n) is 19.2. The van der Waals surface area contributed by atoms with Gasteiger partial charge in [0.05, 0.1) is 18.9 Å². The number of hydrogen-bond donors (Lipinski definition) is 1.